The molecule has 0 unspecified atom stereocenters. The van der Waals surface area contributed by atoms with Crippen molar-refractivity contribution < 1.29 is 17.5 Å². The Hall–Kier alpha value is -2.19. The normalized spacial score (nSPS) is 15.0. The fourth-order valence-electron chi connectivity index (χ4n) is 3.06. The number of nitrogens with zero attached hydrogens (tertiary/aromatic N) is 2. The molecule has 27 heavy (non-hydrogen) atoms. The molecule has 8 heteroatoms. The van der Waals surface area contributed by atoms with E-state index in [0.29, 0.717) is 12.4 Å². The smallest absolute Gasteiger partial charge is 0.242 e. The van der Waals surface area contributed by atoms with Gasteiger partial charge in [0, 0.05) is 19.3 Å². The number of para-hydroxylation sites is 1. The van der Waals surface area contributed by atoms with Crippen molar-refractivity contribution in [3.8, 4) is 5.75 Å². The van der Waals surface area contributed by atoms with Crippen LogP contribution >= 0.6 is 0 Å². The van der Waals surface area contributed by atoms with E-state index in [1.807, 2.05) is 11.9 Å². The van der Waals surface area contributed by atoms with E-state index in [2.05, 4.69) is 9.71 Å². The summed E-state index contributed by atoms with van der Waals surface area (Å²) in [7, 11) is -1.72. The lowest BCUT2D eigenvalue weighted by Crippen LogP contribution is -2.32. The van der Waals surface area contributed by atoms with Gasteiger partial charge in [0.1, 0.15) is 17.3 Å². The summed E-state index contributed by atoms with van der Waals surface area (Å²) < 4.78 is 46.5. The van der Waals surface area contributed by atoms with Crippen molar-refractivity contribution in [3.05, 3.63) is 48.4 Å². The van der Waals surface area contributed by atoms with E-state index in [9.17, 15) is 12.8 Å². The monoisotopic (exact) mass is 393 g/mol. The van der Waals surface area contributed by atoms with Crippen LogP contribution in [0.1, 0.15) is 25.7 Å². The molecule has 6 nitrogen and oxygen atoms in total. The summed E-state index contributed by atoms with van der Waals surface area (Å²) in [6.45, 7) is 0.760. The summed E-state index contributed by atoms with van der Waals surface area (Å²) in [6.07, 6.45) is 5.25. The van der Waals surface area contributed by atoms with Crippen LogP contribution in [-0.2, 0) is 10.0 Å². The third-order valence-corrected chi connectivity index (χ3v) is 6.13. The summed E-state index contributed by atoms with van der Waals surface area (Å²) in [5, 5.41) is 0. The molecule has 0 amide bonds. The maximum Gasteiger partial charge on any atom is 0.242 e. The number of ether oxygens (including phenoxy) is 1. The first kappa shape index (κ1) is 19.6. The summed E-state index contributed by atoms with van der Waals surface area (Å²) in [6, 6.07) is 9.47. The number of pyridine rings is 1. The first-order valence-electron chi connectivity index (χ1n) is 9.02. The number of aromatic nitrogens is 1. The maximum absolute atomic E-state index is 13.5. The summed E-state index contributed by atoms with van der Waals surface area (Å²) in [4.78, 5) is 6.22. The predicted octanol–water partition coefficient (Wildman–Crippen LogP) is 2.96. The molecule has 0 spiro atoms. The summed E-state index contributed by atoms with van der Waals surface area (Å²) in [5.41, 5.74) is 0. The van der Waals surface area contributed by atoms with Crippen molar-refractivity contribution >= 4 is 15.8 Å². The Morgan fingerprint density at radius 1 is 1.22 bits per heavy atom. The standard InChI is InChI=1S/C19H24FN3O3S/c1-23(12-13-26-18-9-5-4-8-17(18)20)19-11-10-16(14-21-19)27(24,25)22-15-6-2-3-7-15/h4-5,8-11,14-15,22H,2-3,6-7,12-13H2,1H3. The molecule has 146 valence electrons. The predicted molar refractivity (Wildman–Crippen MR) is 102 cm³/mol. The second-order valence-corrected chi connectivity index (χ2v) is 8.37. The van der Waals surface area contributed by atoms with Crippen LogP contribution in [0.2, 0.25) is 0 Å². The Kier molecular flexibility index (Phi) is 6.28. The van der Waals surface area contributed by atoms with Gasteiger partial charge in [0.25, 0.3) is 0 Å². The van der Waals surface area contributed by atoms with Crippen molar-refractivity contribution in [2.45, 2.75) is 36.6 Å². The van der Waals surface area contributed by atoms with Gasteiger partial charge in [-0.1, -0.05) is 25.0 Å². The molecule has 1 aromatic carbocycles. The minimum atomic E-state index is -3.54. The minimum Gasteiger partial charge on any atom is -0.489 e. The van der Waals surface area contributed by atoms with Gasteiger partial charge in [-0.3, -0.25) is 0 Å². The van der Waals surface area contributed by atoms with Gasteiger partial charge in [0.15, 0.2) is 11.6 Å². The number of sulfonamides is 1. The minimum absolute atomic E-state index is 0.0212. The molecular formula is C19H24FN3O3S. The molecular weight excluding hydrogens is 369 g/mol. The molecule has 0 bridgehead atoms. The van der Waals surface area contributed by atoms with E-state index < -0.39 is 15.8 Å². The zero-order valence-corrected chi connectivity index (χ0v) is 16.1. The second kappa shape index (κ2) is 8.67. The van der Waals surface area contributed by atoms with Crippen molar-refractivity contribution in [1.29, 1.82) is 0 Å². The lowest BCUT2D eigenvalue weighted by molar-refractivity contribution is 0.309. The van der Waals surface area contributed by atoms with E-state index >= 15 is 0 Å². The van der Waals surface area contributed by atoms with Crippen molar-refractivity contribution in [2.75, 3.05) is 25.1 Å². The molecule has 2 aromatic rings. The average molecular weight is 393 g/mol. The van der Waals surface area contributed by atoms with Crippen LogP contribution in [0.4, 0.5) is 10.2 Å². The van der Waals surface area contributed by atoms with E-state index in [4.69, 9.17) is 4.74 Å². The lowest BCUT2D eigenvalue weighted by atomic mass is 10.3. The Balaban J connectivity index is 1.55. The highest BCUT2D eigenvalue weighted by Crippen LogP contribution is 2.21. The van der Waals surface area contributed by atoms with Crippen molar-refractivity contribution in [2.24, 2.45) is 0 Å². The van der Waals surface area contributed by atoms with Crippen molar-refractivity contribution in [3.63, 3.8) is 0 Å². The van der Waals surface area contributed by atoms with E-state index in [1.165, 1.54) is 12.3 Å². The van der Waals surface area contributed by atoms with Crippen molar-refractivity contribution in [1.82, 2.24) is 9.71 Å². The quantitative estimate of drug-likeness (QED) is 0.747. The number of hydrogen-bond donors (Lipinski definition) is 1. The first-order valence-corrected chi connectivity index (χ1v) is 10.5. The van der Waals surface area contributed by atoms with Gasteiger partial charge in [-0.25, -0.2) is 22.5 Å². The van der Waals surface area contributed by atoms with Crippen LogP contribution in [0.25, 0.3) is 0 Å². The Morgan fingerprint density at radius 3 is 2.63 bits per heavy atom. The zero-order chi connectivity index (χ0) is 19.3. The highest BCUT2D eigenvalue weighted by atomic mass is 32.2. The zero-order valence-electron chi connectivity index (χ0n) is 15.3. The highest BCUT2D eigenvalue weighted by molar-refractivity contribution is 7.89. The fraction of sp³-hybridized carbons (Fsp3) is 0.421. The number of likely N-dealkylation sites (N-methyl/N-ethyl adjacent to an activating group) is 1. The molecule has 1 saturated carbocycles. The highest BCUT2D eigenvalue weighted by Gasteiger charge is 2.23. The Morgan fingerprint density at radius 2 is 1.96 bits per heavy atom. The van der Waals surface area contributed by atoms with Crippen LogP contribution in [0.3, 0.4) is 0 Å². The van der Waals surface area contributed by atoms with Gasteiger partial charge >= 0.3 is 0 Å². The summed E-state index contributed by atoms with van der Waals surface area (Å²) >= 11 is 0. The van der Waals surface area contributed by atoms with Crippen LogP contribution in [-0.4, -0.2) is 39.6 Å². The second-order valence-electron chi connectivity index (χ2n) is 6.66. The van der Waals surface area contributed by atoms with Gasteiger partial charge in [-0.2, -0.15) is 0 Å². The molecule has 3 rings (SSSR count). The summed E-state index contributed by atoms with van der Waals surface area (Å²) in [5.74, 6) is 0.424. The largest absolute Gasteiger partial charge is 0.489 e. The fourth-order valence-corrected chi connectivity index (χ4v) is 4.31. The molecule has 1 heterocycles. The molecule has 1 aliphatic rings. The molecule has 1 fully saturated rings. The van der Waals surface area contributed by atoms with Gasteiger partial charge in [0.2, 0.25) is 10.0 Å². The van der Waals surface area contributed by atoms with Gasteiger partial charge in [-0.15, -0.1) is 0 Å². The van der Waals surface area contributed by atoms with E-state index in [0.717, 1.165) is 25.7 Å². The number of hydrogen-bond acceptors (Lipinski definition) is 5. The average Bonchev–Trinajstić information content (AvgIpc) is 3.15. The lowest BCUT2D eigenvalue weighted by Gasteiger charge is -2.19. The number of nitrogens with one attached hydrogen (secondary N) is 1. The molecule has 0 radical (unpaired) electrons. The number of rotatable bonds is 8. The first-order chi connectivity index (χ1) is 13.0. The van der Waals surface area contributed by atoms with Crippen LogP contribution in [0.15, 0.2) is 47.5 Å². The molecule has 0 saturated heterocycles. The third kappa shape index (κ3) is 5.17. The molecule has 0 atom stereocenters. The molecule has 1 aliphatic carbocycles. The SMILES string of the molecule is CN(CCOc1ccccc1F)c1ccc(S(=O)(=O)NC2CCCC2)cn1. The number of anilines is 1. The van der Waals surface area contributed by atoms with E-state index in [-0.39, 0.29) is 23.3 Å². The maximum atomic E-state index is 13.5. The molecule has 1 N–H and O–H groups in total. The van der Waals surface area contributed by atoms with Gasteiger partial charge in [-0.05, 0) is 37.1 Å². The number of halogens is 1. The topological polar surface area (TPSA) is 71.5 Å². The van der Waals surface area contributed by atoms with Crippen LogP contribution < -0.4 is 14.4 Å². The van der Waals surface area contributed by atoms with Gasteiger partial charge in [0.05, 0.1) is 6.54 Å². The Bertz CT molecular complexity index is 853. The molecule has 0 aliphatic heterocycles. The number of benzene rings is 1. The van der Waals surface area contributed by atoms with Crippen LogP contribution in [0, 0.1) is 5.82 Å². The third-order valence-electron chi connectivity index (χ3n) is 4.62. The van der Waals surface area contributed by atoms with E-state index in [1.54, 1.807) is 30.3 Å². The molecule has 1 aromatic heterocycles. The Labute approximate surface area is 159 Å². The van der Waals surface area contributed by atoms with Gasteiger partial charge < -0.3 is 9.64 Å². The van der Waals surface area contributed by atoms with Crippen LogP contribution in [0.5, 0.6) is 5.75 Å².